The van der Waals surface area contributed by atoms with E-state index in [4.69, 9.17) is 29.9 Å². The Kier molecular flexibility index (Phi) is 15.0. The molecule has 112 heavy (non-hydrogen) atoms. The van der Waals surface area contributed by atoms with Gasteiger partial charge in [-0.1, -0.05) is 255 Å². The van der Waals surface area contributed by atoms with Gasteiger partial charge in [-0.2, -0.15) is 0 Å². The summed E-state index contributed by atoms with van der Waals surface area (Å²) in [5, 5.41) is 9.39. The van der Waals surface area contributed by atoms with Crippen LogP contribution in [0.25, 0.3) is 212 Å². The van der Waals surface area contributed by atoms with E-state index in [1.165, 1.54) is 43.4 Å². The smallest absolute Gasteiger partial charge is 0.164 e. The molecule has 0 saturated carbocycles. The Morgan fingerprint density at radius 1 is 0.125 bits per heavy atom. The lowest BCUT2D eigenvalue weighted by Gasteiger charge is -2.12. The van der Waals surface area contributed by atoms with Gasteiger partial charge in [-0.15, -0.1) is 0 Å². The van der Waals surface area contributed by atoms with E-state index in [1.54, 1.807) is 0 Å². The molecule has 10 nitrogen and oxygen atoms in total. The minimum Gasteiger partial charge on any atom is -0.309 e. The second kappa shape index (κ2) is 26.3. The van der Waals surface area contributed by atoms with Gasteiger partial charge in [-0.3, -0.25) is 0 Å². The Morgan fingerprint density at radius 3 is 0.741 bits per heavy atom. The van der Waals surface area contributed by atoms with Crippen LogP contribution in [0.15, 0.2) is 388 Å². The zero-order valence-electron chi connectivity index (χ0n) is 60.4. The number of fused-ring (bicyclic) bond motifs is 12. The number of benzene rings is 16. The first-order valence-corrected chi connectivity index (χ1v) is 37.8. The van der Waals surface area contributed by atoms with Gasteiger partial charge in [0.25, 0.3) is 0 Å². The molecule has 0 N–H and O–H groups in total. The molecule has 16 aromatic carbocycles. The average molecular weight is 1430 g/mol. The van der Waals surface area contributed by atoms with Crippen molar-refractivity contribution in [3.05, 3.63) is 388 Å². The molecule has 0 saturated heterocycles. The third-order valence-electron chi connectivity index (χ3n) is 22.1. The predicted molar refractivity (Wildman–Crippen MR) is 459 cm³/mol. The van der Waals surface area contributed by atoms with Gasteiger partial charge in [0.2, 0.25) is 0 Å². The lowest BCUT2D eigenvalue weighted by molar-refractivity contribution is 1.07. The first-order valence-electron chi connectivity index (χ1n) is 37.8. The maximum Gasteiger partial charge on any atom is 0.164 e. The summed E-state index contributed by atoms with van der Waals surface area (Å²) in [6, 6.07) is 138. The van der Waals surface area contributed by atoms with Gasteiger partial charge in [-0.05, 0) is 167 Å². The van der Waals surface area contributed by atoms with Gasteiger partial charge >= 0.3 is 0 Å². The molecule has 522 valence electrons. The van der Waals surface area contributed by atoms with Crippen LogP contribution in [-0.4, -0.2) is 48.2 Å². The van der Waals surface area contributed by atoms with E-state index in [0.717, 1.165) is 133 Å². The van der Waals surface area contributed by atoms with Crippen molar-refractivity contribution in [1.29, 1.82) is 0 Å². The Morgan fingerprint density at radius 2 is 0.348 bits per heavy atom. The van der Waals surface area contributed by atoms with E-state index < -0.39 is 0 Å². The fourth-order valence-corrected chi connectivity index (χ4v) is 16.7. The van der Waals surface area contributed by atoms with Crippen molar-refractivity contribution in [2.24, 2.45) is 0 Å². The monoisotopic (exact) mass is 1430 g/mol. The quantitative estimate of drug-likeness (QED) is 0.114. The van der Waals surface area contributed by atoms with Crippen molar-refractivity contribution in [2.75, 3.05) is 0 Å². The van der Waals surface area contributed by atoms with Crippen molar-refractivity contribution in [2.45, 2.75) is 0 Å². The first-order chi connectivity index (χ1) is 55.5. The van der Waals surface area contributed by atoms with Gasteiger partial charge in [-0.25, -0.2) is 29.9 Å². The number of para-hydroxylation sites is 5. The van der Waals surface area contributed by atoms with E-state index in [2.05, 4.69) is 364 Å². The molecule has 10 heteroatoms. The molecule has 0 fully saturated rings. The van der Waals surface area contributed by atoms with Crippen LogP contribution in [0.3, 0.4) is 0 Å². The predicted octanol–water partition coefficient (Wildman–Crippen LogP) is 25.4. The summed E-state index contributed by atoms with van der Waals surface area (Å²) in [6.45, 7) is 0. The molecule has 0 amide bonds. The van der Waals surface area contributed by atoms with Gasteiger partial charge < -0.3 is 18.3 Å². The molecule has 6 heterocycles. The Hall–Kier alpha value is -15.3. The molecule has 0 spiro atoms. The van der Waals surface area contributed by atoms with Gasteiger partial charge in [0, 0.05) is 99.2 Å². The number of rotatable bonds is 13. The number of hydrogen-bond donors (Lipinski definition) is 0. The second-order valence-electron chi connectivity index (χ2n) is 28.6. The van der Waals surface area contributed by atoms with Crippen molar-refractivity contribution >= 4 is 87.2 Å². The first kappa shape index (κ1) is 64.0. The van der Waals surface area contributed by atoms with Crippen molar-refractivity contribution in [1.82, 2.24) is 48.2 Å². The molecular formula is C102H64N10. The fraction of sp³-hybridized carbons (Fsp3) is 0. The summed E-state index contributed by atoms with van der Waals surface area (Å²) < 4.78 is 9.60. The Labute approximate surface area is 644 Å². The Balaban J connectivity index is 0.651. The van der Waals surface area contributed by atoms with Crippen LogP contribution < -0.4 is 0 Å². The summed E-state index contributed by atoms with van der Waals surface area (Å²) in [5.74, 6) is 3.55. The highest BCUT2D eigenvalue weighted by Gasteiger charge is 2.24. The molecule has 0 bridgehead atoms. The zero-order valence-corrected chi connectivity index (χ0v) is 60.4. The van der Waals surface area contributed by atoms with Gasteiger partial charge in [0.05, 0.1) is 44.1 Å². The van der Waals surface area contributed by atoms with Crippen LogP contribution in [0.4, 0.5) is 0 Å². The maximum atomic E-state index is 5.36. The number of aromatic nitrogens is 10. The van der Waals surface area contributed by atoms with Crippen LogP contribution >= 0.6 is 0 Å². The van der Waals surface area contributed by atoms with Crippen LogP contribution in [0, 0.1) is 0 Å². The van der Waals surface area contributed by atoms with E-state index in [0.29, 0.717) is 34.9 Å². The maximum absolute atomic E-state index is 5.36. The Bertz CT molecular complexity index is 7420. The third kappa shape index (κ3) is 10.9. The zero-order chi connectivity index (χ0) is 73.7. The topological polar surface area (TPSA) is 97.1 Å². The second-order valence-corrected chi connectivity index (χ2v) is 28.6. The summed E-state index contributed by atoms with van der Waals surface area (Å²) in [6.07, 6.45) is 0. The fourth-order valence-electron chi connectivity index (χ4n) is 16.7. The SMILES string of the molecule is c1ccc(-c2ccc(-c3nc(-c4ccccc4)nc(-c4ccc(-n5c6ccc(-c7ccc(-c8nc(-c9ccc(-n%10c%11ccccc%11c%11cc%12c(cc%11%10)c%10ccccc%10n%12-c%10ccccc%10)cc9)nc(-c9cccc(-c%10ccccc%10)c9)n8)cc7)cc6c6cc7c(cc65)c5ccccc5n7-c5ccccc5)cc4)n3)cc2)cc1. The molecule has 0 radical (unpaired) electrons. The molecule has 0 aliphatic rings. The minimum absolute atomic E-state index is 0.575. The normalized spacial score (nSPS) is 11.8. The minimum atomic E-state index is 0.575. The summed E-state index contributed by atoms with van der Waals surface area (Å²) >= 11 is 0. The van der Waals surface area contributed by atoms with E-state index >= 15 is 0 Å². The van der Waals surface area contributed by atoms with Crippen molar-refractivity contribution in [3.8, 4) is 124 Å². The van der Waals surface area contributed by atoms with E-state index in [1.807, 2.05) is 42.5 Å². The van der Waals surface area contributed by atoms with Crippen molar-refractivity contribution < 1.29 is 0 Å². The molecule has 6 aromatic heterocycles. The third-order valence-corrected chi connectivity index (χ3v) is 22.1. The highest BCUT2D eigenvalue weighted by Crippen LogP contribution is 2.44. The summed E-state index contributed by atoms with van der Waals surface area (Å²) in [4.78, 5) is 31.4. The lowest BCUT2D eigenvalue weighted by atomic mass is 10.0. The molecule has 22 aromatic rings. The van der Waals surface area contributed by atoms with Crippen LogP contribution in [0.5, 0.6) is 0 Å². The summed E-state index contributed by atoms with van der Waals surface area (Å²) in [5.41, 5.74) is 25.3. The molecule has 0 aliphatic carbocycles. The largest absolute Gasteiger partial charge is 0.309 e. The lowest BCUT2D eigenvalue weighted by Crippen LogP contribution is -2.01. The molecule has 0 atom stereocenters. The van der Waals surface area contributed by atoms with Crippen LogP contribution in [-0.2, 0) is 0 Å². The standard InChI is InChI=1S/C102H64N10/c1-6-23-65(24-7-1)67-41-45-70(46-42-67)98-103-97(69-27-10-3-11-28-69)104-100(105-98)72-51-56-80(57-52-72)112-92-58-53-75(60-84(92)88-64-95-87(63-96(88)112)82-36-17-20-39-90(82)110(95)78-33-14-5-15-34-78)68-43-47-71(48-44-68)99-106-101(108-102(107-99)76-30-22-29-74(59-76)66-25-8-2-9-26-66)73-49-54-79(55-50-73)111-91-40-21-18-37-83(91)86-61-93-85(62-94(86)111)81-35-16-19-38-89(81)109(93)77-31-12-4-13-32-77/h1-64H. The van der Waals surface area contributed by atoms with Crippen LogP contribution in [0.1, 0.15) is 0 Å². The highest BCUT2D eigenvalue weighted by molar-refractivity contribution is 6.21. The number of hydrogen-bond acceptors (Lipinski definition) is 6. The summed E-state index contributed by atoms with van der Waals surface area (Å²) in [7, 11) is 0. The molecule has 22 rings (SSSR count). The van der Waals surface area contributed by atoms with Crippen molar-refractivity contribution in [3.63, 3.8) is 0 Å². The van der Waals surface area contributed by atoms with Gasteiger partial charge in [0.15, 0.2) is 34.9 Å². The van der Waals surface area contributed by atoms with Gasteiger partial charge in [0.1, 0.15) is 0 Å². The molecule has 0 aliphatic heterocycles. The molecular weight excluding hydrogens is 1370 g/mol. The van der Waals surface area contributed by atoms with Crippen LogP contribution in [0.2, 0.25) is 0 Å². The average Bonchev–Trinajstić information content (AvgIpc) is 1.57. The molecule has 0 unspecified atom stereocenters. The van der Waals surface area contributed by atoms with E-state index in [-0.39, 0.29) is 0 Å². The number of nitrogens with zero attached hydrogens (tertiary/aromatic N) is 10. The van der Waals surface area contributed by atoms with E-state index in [9.17, 15) is 0 Å². The highest BCUT2D eigenvalue weighted by atomic mass is 15.1.